The third kappa shape index (κ3) is 2.39. The van der Waals surface area contributed by atoms with Gasteiger partial charge in [0.2, 0.25) is 5.91 Å². The van der Waals surface area contributed by atoms with Crippen molar-refractivity contribution >= 4 is 5.91 Å². The van der Waals surface area contributed by atoms with Gasteiger partial charge in [-0.3, -0.25) is 9.78 Å². The fourth-order valence-electron chi connectivity index (χ4n) is 1.71. The van der Waals surface area contributed by atoms with Gasteiger partial charge in [-0.1, -0.05) is 6.07 Å². The highest BCUT2D eigenvalue weighted by Crippen LogP contribution is 2.44. The summed E-state index contributed by atoms with van der Waals surface area (Å²) in [4.78, 5) is 15.9. The van der Waals surface area contributed by atoms with Gasteiger partial charge in [-0.2, -0.15) is 0 Å². The number of nitrogens with two attached hydrogens (primary N) is 1. The highest BCUT2D eigenvalue weighted by molar-refractivity contribution is 5.85. The van der Waals surface area contributed by atoms with Crippen LogP contribution in [-0.2, 0) is 11.2 Å². The number of pyridine rings is 1. The van der Waals surface area contributed by atoms with E-state index >= 15 is 0 Å². The minimum atomic E-state index is -0.246. The van der Waals surface area contributed by atoms with Gasteiger partial charge >= 0.3 is 0 Å². The smallest absolute Gasteiger partial charge is 0.227 e. The lowest BCUT2D eigenvalue weighted by molar-refractivity contribution is -0.125. The molecular weight excluding hydrogens is 202 g/mol. The maximum atomic E-state index is 11.7. The van der Waals surface area contributed by atoms with Crippen LogP contribution in [-0.4, -0.2) is 24.0 Å². The third-order valence-corrected chi connectivity index (χ3v) is 3.12. The number of hydrogen-bond acceptors (Lipinski definition) is 3. The van der Waals surface area contributed by atoms with Gasteiger partial charge in [0.05, 0.1) is 5.41 Å². The molecule has 0 aliphatic heterocycles. The van der Waals surface area contributed by atoms with E-state index in [1.165, 1.54) is 0 Å². The number of aromatic nitrogens is 1. The Hall–Kier alpha value is -1.42. The highest BCUT2D eigenvalue weighted by atomic mass is 16.2. The van der Waals surface area contributed by atoms with Gasteiger partial charge in [0, 0.05) is 31.4 Å². The number of rotatable bonds is 5. The molecule has 0 saturated heterocycles. The molecule has 1 fully saturated rings. The van der Waals surface area contributed by atoms with E-state index in [4.69, 9.17) is 5.73 Å². The first-order valence-corrected chi connectivity index (χ1v) is 5.65. The van der Waals surface area contributed by atoms with Crippen LogP contribution in [0.15, 0.2) is 24.4 Å². The van der Waals surface area contributed by atoms with Crippen molar-refractivity contribution in [3.63, 3.8) is 0 Å². The molecule has 16 heavy (non-hydrogen) atoms. The van der Waals surface area contributed by atoms with Gasteiger partial charge in [0.15, 0.2) is 0 Å². The Bertz CT molecular complexity index is 360. The number of nitrogens with zero attached hydrogens (tertiary/aromatic N) is 1. The van der Waals surface area contributed by atoms with E-state index < -0.39 is 0 Å². The number of carbonyl (C=O) groups is 1. The summed E-state index contributed by atoms with van der Waals surface area (Å²) in [6.45, 7) is 1.10. The van der Waals surface area contributed by atoms with Crippen LogP contribution in [0.3, 0.4) is 0 Å². The van der Waals surface area contributed by atoms with Gasteiger partial charge in [-0.25, -0.2) is 0 Å². The molecule has 3 N–H and O–H groups in total. The SMILES string of the molecule is NCC1(C(=O)NCCc2ccccn2)CC1. The topological polar surface area (TPSA) is 68.0 Å². The van der Waals surface area contributed by atoms with Crippen molar-refractivity contribution in [1.29, 1.82) is 0 Å². The minimum Gasteiger partial charge on any atom is -0.355 e. The normalized spacial score (nSPS) is 16.8. The Morgan fingerprint density at radius 2 is 2.31 bits per heavy atom. The first kappa shape index (κ1) is 11.1. The number of nitrogens with one attached hydrogen (secondary N) is 1. The average Bonchev–Trinajstić information content (AvgIpc) is 3.11. The van der Waals surface area contributed by atoms with Crippen molar-refractivity contribution in [3.8, 4) is 0 Å². The summed E-state index contributed by atoms with van der Waals surface area (Å²) in [5.74, 6) is 0.103. The predicted octanol–water partition coefficient (Wildman–Crippen LogP) is 0.479. The molecule has 0 spiro atoms. The first-order chi connectivity index (χ1) is 7.77. The summed E-state index contributed by atoms with van der Waals surface area (Å²) in [6.07, 6.45) is 4.39. The zero-order valence-electron chi connectivity index (χ0n) is 9.28. The monoisotopic (exact) mass is 219 g/mol. The number of hydrogen-bond donors (Lipinski definition) is 2. The molecule has 4 heteroatoms. The van der Waals surface area contributed by atoms with E-state index in [0.29, 0.717) is 13.1 Å². The van der Waals surface area contributed by atoms with Crippen LogP contribution in [0.4, 0.5) is 0 Å². The maximum absolute atomic E-state index is 11.7. The molecule has 1 amide bonds. The Kier molecular flexibility index (Phi) is 3.19. The van der Waals surface area contributed by atoms with Crippen molar-refractivity contribution in [2.24, 2.45) is 11.1 Å². The van der Waals surface area contributed by atoms with Gasteiger partial charge < -0.3 is 11.1 Å². The van der Waals surface area contributed by atoms with E-state index in [0.717, 1.165) is 25.0 Å². The summed E-state index contributed by atoms with van der Waals surface area (Å²) < 4.78 is 0. The minimum absolute atomic E-state index is 0.103. The van der Waals surface area contributed by atoms with Crippen LogP contribution in [0.2, 0.25) is 0 Å². The third-order valence-electron chi connectivity index (χ3n) is 3.12. The van der Waals surface area contributed by atoms with Gasteiger partial charge in [0.25, 0.3) is 0 Å². The summed E-state index contributed by atoms with van der Waals surface area (Å²) in [7, 11) is 0. The standard InChI is InChI=1S/C12H17N3O/c13-9-12(5-6-12)11(16)15-8-4-10-3-1-2-7-14-10/h1-3,7H,4-6,8-9,13H2,(H,15,16). The molecule has 4 nitrogen and oxygen atoms in total. The molecule has 0 unspecified atom stereocenters. The lowest BCUT2D eigenvalue weighted by atomic mass is 10.1. The lowest BCUT2D eigenvalue weighted by Gasteiger charge is -2.12. The van der Waals surface area contributed by atoms with Crippen LogP contribution in [0.25, 0.3) is 0 Å². The fourth-order valence-corrected chi connectivity index (χ4v) is 1.71. The molecule has 0 bridgehead atoms. The molecule has 1 aromatic rings. The Morgan fingerprint density at radius 1 is 1.50 bits per heavy atom. The summed E-state index contributed by atoms with van der Waals surface area (Å²) in [5, 5.41) is 2.93. The van der Waals surface area contributed by atoms with E-state index in [9.17, 15) is 4.79 Å². The number of amides is 1. The van der Waals surface area contributed by atoms with E-state index in [-0.39, 0.29) is 11.3 Å². The van der Waals surface area contributed by atoms with Crippen molar-refractivity contribution in [2.75, 3.05) is 13.1 Å². The van der Waals surface area contributed by atoms with Crippen molar-refractivity contribution in [2.45, 2.75) is 19.3 Å². The predicted molar refractivity (Wildman–Crippen MR) is 61.7 cm³/mol. The second kappa shape index (κ2) is 4.61. The quantitative estimate of drug-likeness (QED) is 0.757. The second-order valence-electron chi connectivity index (χ2n) is 4.31. The van der Waals surface area contributed by atoms with Crippen LogP contribution in [0.1, 0.15) is 18.5 Å². The van der Waals surface area contributed by atoms with Gasteiger partial charge in [-0.15, -0.1) is 0 Å². The van der Waals surface area contributed by atoms with Gasteiger partial charge in [-0.05, 0) is 25.0 Å². The summed E-state index contributed by atoms with van der Waals surface area (Å²) in [5.41, 5.74) is 6.33. The second-order valence-corrected chi connectivity index (χ2v) is 4.31. The van der Waals surface area contributed by atoms with Crippen LogP contribution < -0.4 is 11.1 Å². The van der Waals surface area contributed by atoms with Crippen molar-refractivity contribution in [3.05, 3.63) is 30.1 Å². The molecule has 2 rings (SSSR count). The Morgan fingerprint density at radius 3 is 2.88 bits per heavy atom. The summed E-state index contributed by atoms with van der Waals surface area (Å²) in [6, 6.07) is 5.80. The van der Waals surface area contributed by atoms with Crippen LogP contribution in [0.5, 0.6) is 0 Å². The molecule has 1 heterocycles. The number of carbonyl (C=O) groups excluding carboxylic acids is 1. The Labute approximate surface area is 95.3 Å². The average molecular weight is 219 g/mol. The molecule has 1 aliphatic rings. The zero-order valence-corrected chi connectivity index (χ0v) is 9.28. The molecular formula is C12H17N3O. The molecule has 1 saturated carbocycles. The van der Waals surface area contributed by atoms with Crippen LogP contribution in [0, 0.1) is 5.41 Å². The molecule has 86 valence electrons. The van der Waals surface area contributed by atoms with Crippen molar-refractivity contribution < 1.29 is 4.79 Å². The molecule has 0 atom stereocenters. The largest absolute Gasteiger partial charge is 0.355 e. The van der Waals surface area contributed by atoms with E-state index in [1.54, 1.807) is 6.20 Å². The van der Waals surface area contributed by atoms with E-state index in [2.05, 4.69) is 10.3 Å². The summed E-state index contributed by atoms with van der Waals surface area (Å²) >= 11 is 0. The van der Waals surface area contributed by atoms with Gasteiger partial charge in [0.1, 0.15) is 0 Å². The molecule has 1 aromatic heterocycles. The fraction of sp³-hybridized carbons (Fsp3) is 0.500. The van der Waals surface area contributed by atoms with Crippen molar-refractivity contribution in [1.82, 2.24) is 10.3 Å². The first-order valence-electron chi connectivity index (χ1n) is 5.65. The molecule has 0 radical (unpaired) electrons. The lowest BCUT2D eigenvalue weighted by Crippen LogP contribution is -2.37. The molecule has 1 aliphatic carbocycles. The van der Waals surface area contributed by atoms with Crippen LogP contribution >= 0.6 is 0 Å². The highest BCUT2D eigenvalue weighted by Gasteiger charge is 2.48. The Balaban J connectivity index is 1.75. The maximum Gasteiger partial charge on any atom is 0.227 e. The molecule has 0 aromatic carbocycles. The zero-order chi connectivity index (χ0) is 11.4. The van der Waals surface area contributed by atoms with E-state index in [1.807, 2.05) is 18.2 Å².